The van der Waals surface area contributed by atoms with E-state index in [2.05, 4.69) is 16.1 Å². The van der Waals surface area contributed by atoms with E-state index < -0.39 is 0 Å². The zero-order valence-corrected chi connectivity index (χ0v) is 6.66. The molecule has 0 spiro atoms. The standard InChI is InChI=1S/C9H10NO/c1-8-5-3-4-6-9(8)7-10-11-2/h3,5-7H,1-2H3/b10-7+. The fourth-order valence-corrected chi connectivity index (χ4v) is 0.770. The molecule has 1 radical (unpaired) electrons. The fraction of sp³-hybridized carbons (Fsp3) is 0.222. The Balaban J connectivity index is 2.86. The van der Waals surface area contributed by atoms with Crippen LogP contribution in [0, 0.1) is 13.0 Å². The minimum Gasteiger partial charge on any atom is -0.399 e. The second-order valence-corrected chi connectivity index (χ2v) is 2.20. The Morgan fingerprint density at radius 3 is 3.09 bits per heavy atom. The van der Waals surface area contributed by atoms with Crippen molar-refractivity contribution in [3.8, 4) is 0 Å². The highest BCUT2D eigenvalue weighted by molar-refractivity contribution is 5.80. The van der Waals surface area contributed by atoms with Crippen LogP contribution < -0.4 is 0 Å². The maximum Gasteiger partial charge on any atom is 0.106 e. The van der Waals surface area contributed by atoms with Crippen molar-refractivity contribution >= 4 is 6.21 Å². The average Bonchev–Trinajstić information content (AvgIpc) is 2.03. The van der Waals surface area contributed by atoms with Crippen LogP contribution in [-0.4, -0.2) is 13.3 Å². The first-order chi connectivity index (χ1) is 5.34. The van der Waals surface area contributed by atoms with Gasteiger partial charge in [-0.2, -0.15) is 0 Å². The van der Waals surface area contributed by atoms with Crippen molar-refractivity contribution < 1.29 is 4.84 Å². The average molecular weight is 148 g/mol. The SMILES string of the molecule is CO/N=C/c1c[c]ccc1C. The van der Waals surface area contributed by atoms with Gasteiger partial charge in [-0.05, 0) is 30.2 Å². The van der Waals surface area contributed by atoms with Gasteiger partial charge in [-0.1, -0.05) is 17.3 Å². The van der Waals surface area contributed by atoms with E-state index in [1.165, 1.54) is 12.7 Å². The third-order valence-corrected chi connectivity index (χ3v) is 1.42. The molecular weight excluding hydrogens is 138 g/mol. The fourth-order valence-electron chi connectivity index (χ4n) is 0.770. The normalized spacial score (nSPS) is 10.4. The van der Waals surface area contributed by atoms with Gasteiger partial charge >= 0.3 is 0 Å². The van der Waals surface area contributed by atoms with E-state index >= 15 is 0 Å². The first-order valence-corrected chi connectivity index (χ1v) is 3.38. The Bertz CT molecular complexity index is 255. The highest BCUT2D eigenvalue weighted by atomic mass is 16.6. The third-order valence-electron chi connectivity index (χ3n) is 1.42. The number of benzene rings is 1. The Kier molecular flexibility index (Phi) is 2.66. The number of nitrogens with zero attached hydrogens (tertiary/aromatic N) is 1. The molecule has 0 aliphatic carbocycles. The van der Waals surface area contributed by atoms with Gasteiger partial charge in [0, 0.05) is 0 Å². The van der Waals surface area contributed by atoms with Gasteiger partial charge in [0.2, 0.25) is 0 Å². The summed E-state index contributed by atoms with van der Waals surface area (Å²) >= 11 is 0. The molecule has 2 heteroatoms. The van der Waals surface area contributed by atoms with Crippen molar-refractivity contribution in [3.63, 3.8) is 0 Å². The molecule has 0 aromatic heterocycles. The maximum atomic E-state index is 4.56. The molecule has 0 bridgehead atoms. The van der Waals surface area contributed by atoms with Crippen molar-refractivity contribution in [2.75, 3.05) is 7.11 Å². The molecule has 0 aliphatic rings. The van der Waals surface area contributed by atoms with E-state index in [4.69, 9.17) is 0 Å². The van der Waals surface area contributed by atoms with E-state index in [-0.39, 0.29) is 0 Å². The van der Waals surface area contributed by atoms with Gasteiger partial charge in [-0.15, -0.1) is 0 Å². The monoisotopic (exact) mass is 148 g/mol. The van der Waals surface area contributed by atoms with Crippen LogP contribution in [-0.2, 0) is 4.84 Å². The van der Waals surface area contributed by atoms with Crippen molar-refractivity contribution in [2.24, 2.45) is 5.16 Å². The first kappa shape index (κ1) is 7.79. The molecule has 0 amide bonds. The Morgan fingerprint density at radius 2 is 2.45 bits per heavy atom. The van der Waals surface area contributed by atoms with E-state index in [1.54, 1.807) is 6.21 Å². The van der Waals surface area contributed by atoms with Gasteiger partial charge in [-0.25, -0.2) is 0 Å². The predicted octanol–water partition coefficient (Wildman–Crippen LogP) is 1.78. The van der Waals surface area contributed by atoms with Crippen LogP contribution in [0.5, 0.6) is 0 Å². The van der Waals surface area contributed by atoms with Crippen molar-refractivity contribution in [1.82, 2.24) is 0 Å². The van der Waals surface area contributed by atoms with Gasteiger partial charge in [0.05, 0.1) is 6.21 Å². The van der Waals surface area contributed by atoms with E-state index in [9.17, 15) is 0 Å². The zero-order valence-electron chi connectivity index (χ0n) is 6.66. The molecule has 0 unspecified atom stereocenters. The molecule has 1 rings (SSSR count). The maximum absolute atomic E-state index is 4.56. The lowest BCUT2D eigenvalue weighted by Gasteiger charge is -1.95. The highest BCUT2D eigenvalue weighted by Crippen LogP contribution is 2.02. The van der Waals surface area contributed by atoms with Crippen LogP contribution in [0.3, 0.4) is 0 Å². The first-order valence-electron chi connectivity index (χ1n) is 3.38. The summed E-state index contributed by atoms with van der Waals surface area (Å²) in [7, 11) is 1.53. The van der Waals surface area contributed by atoms with E-state index in [0.717, 1.165) is 5.56 Å². The predicted molar refractivity (Wildman–Crippen MR) is 44.6 cm³/mol. The molecule has 0 atom stereocenters. The van der Waals surface area contributed by atoms with E-state index in [1.807, 2.05) is 25.1 Å². The second kappa shape index (κ2) is 3.76. The van der Waals surface area contributed by atoms with Crippen LogP contribution in [0.2, 0.25) is 0 Å². The molecule has 57 valence electrons. The molecule has 1 aromatic carbocycles. The molecule has 0 aliphatic heterocycles. The van der Waals surface area contributed by atoms with Crippen molar-refractivity contribution in [3.05, 3.63) is 35.4 Å². The highest BCUT2D eigenvalue weighted by Gasteiger charge is 1.90. The van der Waals surface area contributed by atoms with E-state index in [0.29, 0.717) is 0 Å². The van der Waals surface area contributed by atoms with Crippen LogP contribution in [0.25, 0.3) is 0 Å². The lowest BCUT2D eigenvalue weighted by atomic mass is 10.1. The number of aryl methyl sites for hydroxylation is 1. The number of hydrogen-bond acceptors (Lipinski definition) is 2. The summed E-state index contributed by atoms with van der Waals surface area (Å²) in [4.78, 5) is 4.56. The molecule has 0 saturated heterocycles. The van der Waals surface area contributed by atoms with Crippen LogP contribution in [0.1, 0.15) is 11.1 Å². The van der Waals surface area contributed by atoms with Gasteiger partial charge in [0.1, 0.15) is 7.11 Å². The number of oxime groups is 1. The van der Waals surface area contributed by atoms with Gasteiger partial charge in [-0.3, -0.25) is 0 Å². The molecule has 0 N–H and O–H groups in total. The largest absolute Gasteiger partial charge is 0.399 e. The van der Waals surface area contributed by atoms with Crippen molar-refractivity contribution in [1.29, 1.82) is 0 Å². The molecule has 0 saturated carbocycles. The molecular formula is C9H10NO. The summed E-state index contributed by atoms with van der Waals surface area (Å²) in [5, 5.41) is 3.66. The second-order valence-electron chi connectivity index (χ2n) is 2.20. The summed E-state index contributed by atoms with van der Waals surface area (Å²) in [6, 6.07) is 8.69. The van der Waals surface area contributed by atoms with Gasteiger partial charge in [0.15, 0.2) is 0 Å². The smallest absolute Gasteiger partial charge is 0.106 e. The van der Waals surface area contributed by atoms with Crippen LogP contribution in [0.15, 0.2) is 23.4 Å². The molecule has 0 heterocycles. The summed E-state index contributed by atoms with van der Waals surface area (Å²) in [6.07, 6.45) is 1.67. The Morgan fingerprint density at radius 1 is 1.64 bits per heavy atom. The summed E-state index contributed by atoms with van der Waals surface area (Å²) in [6.45, 7) is 2.02. The number of hydrogen-bond donors (Lipinski definition) is 0. The molecule has 2 nitrogen and oxygen atoms in total. The molecule has 1 aromatic rings. The quantitative estimate of drug-likeness (QED) is 0.462. The minimum atomic E-state index is 1.04. The van der Waals surface area contributed by atoms with Gasteiger partial charge in [0.25, 0.3) is 0 Å². The van der Waals surface area contributed by atoms with Crippen molar-refractivity contribution in [2.45, 2.75) is 6.92 Å². The summed E-state index contributed by atoms with van der Waals surface area (Å²) < 4.78 is 0. The Hall–Kier alpha value is -1.31. The number of rotatable bonds is 2. The lowest BCUT2D eigenvalue weighted by Crippen LogP contribution is -1.85. The Labute approximate surface area is 66.5 Å². The lowest BCUT2D eigenvalue weighted by molar-refractivity contribution is 0.215. The molecule has 11 heavy (non-hydrogen) atoms. The van der Waals surface area contributed by atoms with Crippen LogP contribution >= 0.6 is 0 Å². The van der Waals surface area contributed by atoms with Gasteiger partial charge < -0.3 is 4.84 Å². The summed E-state index contributed by atoms with van der Waals surface area (Å²) in [5.41, 5.74) is 2.21. The van der Waals surface area contributed by atoms with Crippen LogP contribution in [0.4, 0.5) is 0 Å². The third kappa shape index (κ3) is 2.08. The zero-order chi connectivity index (χ0) is 8.10. The summed E-state index contributed by atoms with van der Waals surface area (Å²) in [5.74, 6) is 0. The topological polar surface area (TPSA) is 21.6 Å². The minimum absolute atomic E-state index is 1.04. The molecule has 0 fully saturated rings.